The molecule has 2 aliphatic rings. The van der Waals surface area contributed by atoms with E-state index in [0.717, 1.165) is 38.8 Å². The van der Waals surface area contributed by atoms with E-state index in [9.17, 15) is 9.18 Å². The van der Waals surface area contributed by atoms with Crippen LogP contribution in [0.25, 0.3) is 11.1 Å². The maximum absolute atomic E-state index is 13.2. The van der Waals surface area contributed by atoms with Crippen LogP contribution in [0.1, 0.15) is 32.1 Å². The van der Waals surface area contributed by atoms with E-state index in [1.54, 1.807) is 6.07 Å². The first-order chi connectivity index (χ1) is 11.6. The van der Waals surface area contributed by atoms with E-state index < -0.39 is 0 Å². The van der Waals surface area contributed by atoms with Gasteiger partial charge in [-0.2, -0.15) is 0 Å². The molecule has 2 amide bonds. The minimum Gasteiger partial charge on any atom is -0.441 e. The van der Waals surface area contributed by atoms with Gasteiger partial charge in [0, 0.05) is 31.6 Å². The van der Waals surface area contributed by atoms with Gasteiger partial charge in [0.25, 0.3) is 0 Å². The van der Waals surface area contributed by atoms with Crippen LogP contribution in [-0.2, 0) is 6.42 Å². The second-order valence-corrected chi connectivity index (χ2v) is 7.12. The highest BCUT2D eigenvalue weighted by Gasteiger charge is 2.35. The first-order valence-corrected chi connectivity index (χ1v) is 8.69. The lowest BCUT2D eigenvalue weighted by molar-refractivity contribution is 0.168. The first-order valence-electron chi connectivity index (χ1n) is 8.69. The SMILES string of the molecule is C[C@@H]1C[C@H]1NC(=O)N1CCC(Cc2nc3ccc(F)cc3o2)CC1. The van der Waals surface area contributed by atoms with Gasteiger partial charge in [0.1, 0.15) is 11.3 Å². The van der Waals surface area contributed by atoms with Crippen molar-refractivity contribution in [1.82, 2.24) is 15.2 Å². The molecule has 1 aromatic carbocycles. The van der Waals surface area contributed by atoms with Crippen LogP contribution in [0.3, 0.4) is 0 Å². The molecule has 1 saturated heterocycles. The lowest BCUT2D eigenvalue weighted by Crippen LogP contribution is -2.45. The second kappa shape index (κ2) is 6.07. The number of aromatic nitrogens is 1. The number of halogens is 1. The number of fused-ring (bicyclic) bond motifs is 1. The molecule has 0 radical (unpaired) electrons. The fourth-order valence-electron chi connectivity index (χ4n) is 3.39. The third-order valence-electron chi connectivity index (χ3n) is 5.18. The van der Waals surface area contributed by atoms with Gasteiger partial charge < -0.3 is 14.6 Å². The summed E-state index contributed by atoms with van der Waals surface area (Å²) in [5, 5.41) is 3.08. The first kappa shape index (κ1) is 15.4. The fourth-order valence-corrected chi connectivity index (χ4v) is 3.39. The predicted molar refractivity (Wildman–Crippen MR) is 88.1 cm³/mol. The number of oxazole rings is 1. The summed E-state index contributed by atoms with van der Waals surface area (Å²) in [7, 11) is 0. The van der Waals surface area contributed by atoms with Gasteiger partial charge in [0.05, 0.1) is 0 Å². The van der Waals surface area contributed by atoms with Gasteiger partial charge in [0.2, 0.25) is 0 Å². The molecule has 5 nitrogen and oxygen atoms in total. The largest absolute Gasteiger partial charge is 0.441 e. The predicted octanol–water partition coefficient (Wildman–Crippen LogP) is 3.34. The average molecular weight is 331 g/mol. The summed E-state index contributed by atoms with van der Waals surface area (Å²) in [5.74, 6) is 1.42. The van der Waals surface area contributed by atoms with E-state index in [0.29, 0.717) is 34.9 Å². The van der Waals surface area contributed by atoms with Crippen molar-refractivity contribution in [2.45, 2.75) is 38.6 Å². The van der Waals surface area contributed by atoms with E-state index >= 15 is 0 Å². The summed E-state index contributed by atoms with van der Waals surface area (Å²) >= 11 is 0. The van der Waals surface area contributed by atoms with Gasteiger partial charge in [-0.1, -0.05) is 6.92 Å². The van der Waals surface area contributed by atoms with Gasteiger partial charge >= 0.3 is 6.03 Å². The summed E-state index contributed by atoms with van der Waals surface area (Å²) in [6.45, 7) is 3.70. The molecule has 2 fully saturated rings. The Morgan fingerprint density at radius 1 is 1.42 bits per heavy atom. The van der Waals surface area contributed by atoms with E-state index in [4.69, 9.17) is 4.42 Å². The molecular formula is C18H22FN3O2. The maximum Gasteiger partial charge on any atom is 0.317 e. The zero-order valence-corrected chi connectivity index (χ0v) is 13.8. The number of urea groups is 1. The highest BCUT2D eigenvalue weighted by molar-refractivity contribution is 5.75. The lowest BCUT2D eigenvalue weighted by Gasteiger charge is -2.31. The zero-order chi connectivity index (χ0) is 16.7. The Hall–Kier alpha value is -2.11. The maximum atomic E-state index is 13.2. The van der Waals surface area contributed by atoms with Crippen LogP contribution in [0.2, 0.25) is 0 Å². The highest BCUT2D eigenvalue weighted by atomic mass is 19.1. The smallest absolute Gasteiger partial charge is 0.317 e. The van der Waals surface area contributed by atoms with E-state index in [1.807, 2.05) is 4.90 Å². The number of amides is 2. The van der Waals surface area contributed by atoms with Crippen molar-refractivity contribution in [3.8, 4) is 0 Å². The molecule has 4 rings (SSSR count). The van der Waals surface area contributed by atoms with E-state index in [-0.39, 0.29) is 11.8 Å². The molecule has 1 aliphatic carbocycles. The zero-order valence-electron chi connectivity index (χ0n) is 13.8. The number of likely N-dealkylation sites (tertiary alicyclic amines) is 1. The number of rotatable bonds is 3. The highest BCUT2D eigenvalue weighted by Crippen LogP contribution is 2.30. The monoisotopic (exact) mass is 331 g/mol. The topological polar surface area (TPSA) is 58.4 Å². The van der Waals surface area contributed by atoms with Crippen LogP contribution in [0.4, 0.5) is 9.18 Å². The van der Waals surface area contributed by atoms with Gasteiger partial charge in [-0.25, -0.2) is 14.2 Å². The average Bonchev–Trinajstić information content (AvgIpc) is 3.10. The van der Waals surface area contributed by atoms with Crippen LogP contribution in [0, 0.1) is 17.7 Å². The van der Waals surface area contributed by atoms with E-state index in [1.165, 1.54) is 12.1 Å². The Kier molecular flexibility index (Phi) is 3.90. The van der Waals surface area contributed by atoms with Gasteiger partial charge in [-0.05, 0) is 43.2 Å². The Labute approximate surface area is 140 Å². The third kappa shape index (κ3) is 3.23. The number of hydrogen-bond acceptors (Lipinski definition) is 3. The number of hydrogen-bond donors (Lipinski definition) is 1. The molecule has 0 unspecified atom stereocenters. The Balaban J connectivity index is 1.31. The Morgan fingerprint density at radius 2 is 2.17 bits per heavy atom. The van der Waals surface area contributed by atoms with Crippen LogP contribution in [0.15, 0.2) is 22.6 Å². The lowest BCUT2D eigenvalue weighted by atomic mass is 9.94. The van der Waals surface area contributed by atoms with Crippen molar-refractivity contribution in [3.05, 3.63) is 29.9 Å². The molecule has 2 aromatic rings. The van der Waals surface area contributed by atoms with Crippen molar-refractivity contribution >= 4 is 17.1 Å². The molecule has 2 atom stereocenters. The molecule has 1 aromatic heterocycles. The van der Waals surface area contributed by atoms with Gasteiger partial charge in [0.15, 0.2) is 11.5 Å². The molecular weight excluding hydrogens is 309 g/mol. The Bertz CT molecular complexity index is 752. The van der Waals surface area contributed by atoms with Crippen molar-refractivity contribution in [1.29, 1.82) is 0 Å². The molecule has 1 saturated carbocycles. The molecule has 1 aliphatic heterocycles. The number of carbonyl (C=O) groups is 1. The van der Waals surface area contributed by atoms with Crippen molar-refractivity contribution < 1.29 is 13.6 Å². The summed E-state index contributed by atoms with van der Waals surface area (Å²) in [5.41, 5.74) is 1.20. The summed E-state index contributed by atoms with van der Waals surface area (Å²) in [6.07, 6.45) is 3.73. The third-order valence-corrected chi connectivity index (χ3v) is 5.18. The normalized spacial score (nSPS) is 24.3. The standard InChI is InChI=1S/C18H22FN3O2/c1-11-8-15(11)21-18(23)22-6-4-12(5-7-22)9-17-20-14-3-2-13(19)10-16(14)24-17/h2-3,10-12,15H,4-9H2,1H3,(H,21,23)/t11-,15-/m1/s1. The minimum atomic E-state index is -0.311. The second-order valence-electron chi connectivity index (χ2n) is 7.12. The van der Waals surface area contributed by atoms with Crippen LogP contribution in [0.5, 0.6) is 0 Å². The summed E-state index contributed by atoms with van der Waals surface area (Å²) in [4.78, 5) is 18.5. The molecule has 2 heterocycles. The van der Waals surface area contributed by atoms with Crippen LogP contribution in [-0.4, -0.2) is 35.0 Å². The summed E-state index contributed by atoms with van der Waals surface area (Å²) < 4.78 is 18.9. The number of carbonyl (C=O) groups excluding carboxylic acids is 1. The van der Waals surface area contributed by atoms with Crippen molar-refractivity contribution in [2.75, 3.05) is 13.1 Å². The Morgan fingerprint density at radius 3 is 2.88 bits per heavy atom. The quantitative estimate of drug-likeness (QED) is 0.938. The number of benzene rings is 1. The van der Waals surface area contributed by atoms with Crippen LogP contribution < -0.4 is 5.32 Å². The molecule has 0 spiro atoms. The molecule has 0 bridgehead atoms. The molecule has 6 heteroatoms. The van der Waals surface area contributed by atoms with Gasteiger partial charge in [-0.15, -0.1) is 0 Å². The number of nitrogens with one attached hydrogen (secondary N) is 1. The summed E-state index contributed by atoms with van der Waals surface area (Å²) in [6, 6.07) is 4.85. The number of piperidine rings is 1. The fraction of sp³-hybridized carbons (Fsp3) is 0.556. The minimum absolute atomic E-state index is 0.0696. The van der Waals surface area contributed by atoms with Crippen LogP contribution >= 0.6 is 0 Å². The van der Waals surface area contributed by atoms with Gasteiger partial charge in [-0.3, -0.25) is 0 Å². The molecule has 1 N–H and O–H groups in total. The molecule has 24 heavy (non-hydrogen) atoms. The molecule has 128 valence electrons. The van der Waals surface area contributed by atoms with Crippen molar-refractivity contribution in [2.24, 2.45) is 11.8 Å². The van der Waals surface area contributed by atoms with Crippen molar-refractivity contribution in [3.63, 3.8) is 0 Å². The number of nitrogens with zero attached hydrogens (tertiary/aromatic N) is 2. The van der Waals surface area contributed by atoms with E-state index in [2.05, 4.69) is 17.2 Å².